The molecule has 2 fully saturated rings. The topological polar surface area (TPSA) is 94.2 Å². The molecule has 9 heteroatoms. The minimum atomic E-state index is -0.233. The fourth-order valence-corrected chi connectivity index (χ4v) is 5.29. The van der Waals surface area contributed by atoms with Crippen LogP contribution in [0.15, 0.2) is 30.5 Å². The van der Waals surface area contributed by atoms with Crippen molar-refractivity contribution in [3.63, 3.8) is 0 Å². The normalized spacial score (nSPS) is 19.2. The van der Waals surface area contributed by atoms with E-state index in [1.165, 1.54) is 22.3 Å². The highest BCUT2D eigenvalue weighted by atomic mass is 32.1. The number of hydrogen-bond acceptors (Lipinski definition) is 6. The summed E-state index contributed by atoms with van der Waals surface area (Å²) in [7, 11) is 0. The summed E-state index contributed by atoms with van der Waals surface area (Å²) in [5.41, 5.74) is 2.32. The van der Waals surface area contributed by atoms with Gasteiger partial charge in [0.1, 0.15) is 6.04 Å². The van der Waals surface area contributed by atoms with Gasteiger partial charge in [-0.1, -0.05) is 29.5 Å². The molecule has 2 amide bonds. The molecule has 2 aliphatic rings. The summed E-state index contributed by atoms with van der Waals surface area (Å²) >= 11 is 1.40. The van der Waals surface area contributed by atoms with Gasteiger partial charge >= 0.3 is 0 Å². The second-order valence-electron chi connectivity index (χ2n) is 7.77. The van der Waals surface area contributed by atoms with Crippen LogP contribution in [0, 0.1) is 0 Å². The number of aromatic amines is 1. The van der Waals surface area contributed by atoms with Crippen LogP contribution in [0.3, 0.4) is 0 Å². The van der Waals surface area contributed by atoms with E-state index in [1.54, 1.807) is 4.90 Å². The fraction of sp³-hybridized carbons (Fsp3) is 0.429. The first-order valence-electron chi connectivity index (χ1n) is 10.4. The maximum absolute atomic E-state index is 12.9. The Morgan fingerprint density at radius 2 is 2.07 bits per heavy atom. The Morgan fingerprint density at radius 1 is 1.20 bits per heavy atom. The number of amides is 2. The van der Waals surface area contributed by atoms with Gasteiger partial charge in [-0.05, 0) is 37.3 Å². The zero-order chi connectivity index (χ0) is 20.5. The van der Waals surface area contributed by atoms with Gasteiger partial charge in [0.05, 0.1) is 0 Å². The molecule has 2 aliphatic heterocycles. The molecule has 0 aliphatic carbocycles. The minimum Gasteiger partial charge on any atom is -0.361 e. The molecule has 2 saturated heterocycles. The Morgan fingerprint density at radius 3 is 2.93 bits per heavy atom. The van der Waals surface area contributed by atoms with Gasteiger partial charge in [-0.2, -0.15) is 0 Å². The highest BCUT2D eigenvalue weighted by molar-refractivity contribution is 7.19. The second-order valence-corrected chi connectivity index (χ2v) is 8.70. The molecule has 8 nitrogen and oxygen atoms in total. The molecule has 4 heterocycles. The number of nitrogens with zero attached hydrogens (tertiary/aromatic N) is 4. The molecule has 156 valence electrons. The summed E-state index contributed by atoms with van der Waals surface area (Å²) < 4.78 is 0. The molecule has 2 aromatic heterocycles. The van der Waals surface area contributed by atoms with E-state index in [0.717, 1.165) is 42.9 Å². The van der Waals surface area contributed by atoms with Gasteiger partial charge in [0.25, 0.3) is 0 Å². The molecule has 1 aromatic carbocycles. The van der Waals surface area contributed by atoms with E-state index >= 15 is 0 Å². The summed E-state index contributed by atoms with van der Waals surface area (Å²) in [5, 5.41) is 14.1. The molecule has 3 aromatic rings. The number of rotatable bonds is 6. The van der Waals surface area contributed by atoms with E-state index < -0.39 is 0 Å². The Labute approximate surface area is 178 Å². The van der Waals surface area contributed by atoms with Crippen LogP contribution >= 0.6 is 11.3 Å². The number of carbonyl (C=O) groups is 2. The molecule has 0 radical (unpaired) electrons. The van der Waals surface area contributed by atoms with Crippen LogP contribution < -0.4 is 15.1 Å². The number of benzene rings is 1. The maximum atomic E-state index is 12.9. The van der Waals surface area contributed by atoms with Crippen molar-refractivity contribution in [3.8, 4) is 0 Å². The lowest BCUT2D eigenvalue weighted by atomic mass is 10.1. The summed E-state index contributed by atoms with van der Waals surface area (Å²) in [6.07, 6.45) is 5.97. The van der Waals surface area contributed by atoms with E-state index in [9.17, 15) is 9.59 Å². The van der Waals surface area contributed by atoms with E-state index in [1.807, 2.05) is 23.2 Å². The third-order valence-electron chi connectivity index (χ3n) is 5.88. The molecule has 0 unspecified atom stereocenters. The van der Waals surface area contributed by atoms with Gasteiger partial charge in [-0.15, -0.1) is 10.2 Å². The van der Waals surface area contributed by atoms with E-state index in [4.69, 9.17) is 0 Å². The first-order chi connectivity index (χ1) is 14.7. The monoisotopic (exact) mass is 424 g/mol. The summed E-state index contributed by atoms with van der Waals surface area (Å²) in [6.45, 7) is 2.07. The van der Waals surface area contributed by atoms with Crippen molar-refractivity contribution in [2.45, 2.75) is 38.1 Å². The first kappa shape index (κ1) is 19.0. The zero-order valence-electron chi connectivity index (χ0n) is 16.6. The van der Waals surface area contributed by atoms with Crippen molar-refractivity contribution in [1.29, 1.82) is 0 Å². The van der Waals surface area contributed by atoms with Gasteiger partial charge in [-0.25, -0.2) is 0 Å². The average Bonchev–Trinajstić information content (AvgIpc) is 3.54. The molecular formula is C21H24N6O2S. The molecule has 0 saturated carbocycles. The number of hydrogen-bond donors (Lipinski definition) is 2. The van der Waals surface area contributed by atoms with Crippen molar-refractivity contribution in [3.05, 3.63) is 36.0 Å². The van der Waals surface area contributed by atoms with Crippen LogP contribution in [0.25, 0.3) is 10.9 Å². The van der Waals surface area contributed by atoms with E-state index in [-0.39, 0.29) is 17.9 Å². The van der Waals surface area contributed by atoms with Crippen molar-refractivity contribution < 1.29 is 9.59 Å². The highest BCUT2D eigenvalue weighted by Crippen LogP contribution is 2.33. The lowest BCUT2D eigenvalue weighted by molar-refractivity contribution is -0.122. The molecule has 2 N–H and O–H groups in total. The lowest BCUT2D eigenvalue weighted by Gasteiger charge is -2.22. The van der Waals surface area contributed by atoms with Crippen LogP contribution in [0.5, 0.6) is 0 Å². The van der Waals surface area contributed by atoms with Gasteiger partial charge in [0.15, 0.2) is 0 Å². The van der Waals surface area contributed by atoms with Gasteiger partial charge in [0, 0.05) is 43.2 Å². The number of para-hydroxylation sites is 1. The van der Waals surface area contributed by atoms with Crippen molar-refractivity contribution in [1.82, 2.24) is 20.5 Å². The molecule has 5 rings (SSSR count). The maximum Gasteiger partial charge on any atom is 0.242 e. The van der Waals surface area contributed by atoms with Crippen LogP contribution in [0.4, 0.5) is 10.3 Å². The highest BCUT2D eigenvalue weighted by Gasteiger charge is 2.34. The van der Waals surface area contributed by atoms with Crippen LogP contribution in [-0.4, -0.2) is 52.7 Å². The Balaban J connectivity index is 1.21. The zero-order valence-corrected chi connectivity index (χ0v) is 17.5. The largest absolute Gasteiger partial charge is 0.361 e. The summed E-state index contributed by atoms with van der Waals surface area (Å²) in [6, 6.07) is 7.96. The SMILES string of the molecule is O=C(NCCc1c[nH]c2ccccc12)[C@H]1CCCN1c1nnc(N2CCCC2=O)s1. The molecular weight excluding hydrogens is 400 g/mol. The Bertz CT molecular complexity index is 1080. The standard InChI is InChI=1S/C21H24N6O2S/c28-18-8-4-12-27(18)21-25-24-20(30-21)26-11-3-7-17(26)19(29)22-10-9-14-13-23-16-6-2-1-5-15(14)16/h1-2,5-6,13,17,23H,3-4,7-12H2,(H,22,29)/t17-/m1/s1. The fourth-order valence-electron chi connectivity index (χ4n) is 4.33. The predicted molar refractivity (Wildman–Crippen MR) is 117 cm³/mol. The summed E-state index contributed by atoms with van der Waals surface area (Å²) in [5.74, 6) is 0.132. The Kier molecular flexibility index (Phi) is 5.12. The molecule has 30 heavy (non-hydrogen) atoms. The molecule has 0 spiro atoms. The second kappa shape index (κ2) is 8.06. The van der Waals surface area contributed by atoms with Gasteiger partial charge < -0.3 is 15.2 Å². The number of anilines is 2. The number of fused-ring (bicyclic) bond motifs is 1. The number of carbonyl (C=O) groups excluding carboxylic acids is 2. The van der Waals surface area contributed by atoms with E-state index in [2.05, 4.69) is 32.6 Å². The number of aromatic nitrogens is 3. The summed E-state index contributed by atoms with van der Waals surface area (Å²) in [4.78, 5) is 31.8. The smallest absolute Gasteiger partial charge is 0.242 e. The average molecular weight is 425 g/mol. The minimum absolute atomic E-state index is 0.0290. The lowest BCUT2D eigenvalue weighted by Crippen LogP contribution is -2.44. The van der Waals surface area contributed by atoms with Crippen molar-refractivity contribution in [2.24, 2.45) is 0 Å². The van der Waals surface area contributed by atoms with Crippen molar-refractivity contribution >= 4 is 44.3 Å². The van der Waals surface area contributed by atoms with Gasteiger partial charge in [-0.3, -0.25) is 14.5 Å². The van der Waals surface area contributed by atoms with E-state index in [0.29, 0.717) is 24.6 Å². The third kappa shape index (κ3) is 3.54. The first-order valence-corrected chi connectivity index (χ1v) is 11.3. The van der Waals surface area contributed by atoms with Crippen LogP contribution in [0.2, 0.25) is 0 Å². The van der Waals surface area contributed by atoms with Crippen LogP contribution in [-0.2, 0) is 16.0 Å². The third-order valence-corrected chi connectivity index (χ3v) is 6.86. The van der Waals surface area contributed by atoms with Gasteiger partial charge in [0.2, 0.25) is 22.1 Å². The van der Waals surface area contributed by atoms with Crippen molar-refractivity contribution in [2.75, 3.05) is 29.4 Å². The number of H-pyrrole nitrogens is 1. The quantitative estimate of drug-likeness (QED) is 0.634. The predicted octanol–water partition coefficient (Wildman–Crippen LogP) is 2.47. The Hall–Kier alpha value is -2.94. The number of nitrogens with one attached hydrogen (secondary N) is 2. The molecule has 1 atom stereocenters. The molecule has 0 bridgehead atoms. The van der Waals surface area contributed by atoms with Crippen LogP contribution in [0.1, 0.15) is 31.2 Å².